The second-order valence-corrected chi connectivity index (χ2v) is 11.9. The van der Waals surface area contributed by atoms with Gasteiger partial charge >= 0.3 is 0 Å². The Kier molecular flexibility index (Phi) is 5.39. The Morgan fingerprint density at radius 3 is 1.98 bits per heavy atom. The molecule has 1 aromatic heterocycles. The number of allylic oxidation sites excluding steroid dienone is 2. The molecule has 0 spiro atoms. The Balaban J connectivity index is 1.18. The third-order valence-corrected chi connectivity index (χ3v) is 9.30. The molecule has 4 unspecified atom stereocenters. The van der Waals surface area contributed by atoms with E-state index in [0.29, 0.717) is 5.92 Å². The molecule has 3 N–H and O–H groups in total. The van der Waals surface area contributed by atoms with Crippen LogP contribution < -0.4 is 16.0 Å². The predicted octanol–water partition coefficient (Wildman–Crippen LogP) is 7.58. The standard InChI is InChI=1S/C36H33N3O/c1-36(2)28-20-19-26-25-15-9-10-16-30(25)40-32(26)31(28)27-18-17-24(21-29(27)36)35-38-33(22-11-5-3-6-12-22)37-34(39-35)23-13-7-4-8-14-23/h3-21,27,29,33-35,37-39H,1-2H3. The minimum atomic E-state index is -0.0201. The molecule has 1 fully saturated rings. The van der Waals surface area contributed by atoms with Gasteiger partial charge in [-0.05, 0) is 39.7 Å². The van der Waals surface area contributed by atoms with E-state index in [-0.39, 0.29) is 29.8 Å². The second-order valence-electron chi connectivity index (χ2n) is 11.9. The van der Waals surface area contributed by atoms with Gasteiger partial charge in [-0.3, -0.25) is 16.0 Å². The van der Waals surface area contributed by atoms with Crippen molar-refractivity contribution in [2.45, 2.75) is 43.7 Å². The molecule has 3 aliphatic rings. The lowest BCUT2D eigenvalue weighted by molar-refractivity contribution is 0.222. The molecule has 4 heteroatoms. The molecule has 1 saturated heterocycles. The van der Waals surface area contributed by atoms with E-state index < -0.39 is 0 Å². The normalized spacial score (nSPS) is 26.9. The summed E-state index contributed by atoms with van der Waals surface area (Å²) in [6.45, 7) is 4.78. The highest BCUT2D eigenvalue weighted by Gasteiger charge is 2.47. The topological polar surface area (TPSA) is 49.2 Å². The van der Waals surface area contributed by atoms with E-state index in [1.165, 1.54) is 38.6 Å². The molecule has 1 aliphatic heterocycles. The number of hydrogen-bond acceptors (Lipinski definition) is 4. The van der Waals surface area contributed by atoms with Crippen molar-refractivity contribution in [3.8, 4) is 0 Å². The maximum atomic E-state index is 6.52. The molecule has 0 radical (unpaired) electrons. The Bertz CT molecular complexity index is 1740. The molecule has 4 aromatic carbocycles. The predicted molar refractivity (Wildman–Crippen MR) is 162 cm³/mol. The lowest BCUT2D eigenvalue weighted by Crippen LogP contribution is -2.59. The molecular formula is C36H33N3O. The van der Waals surface area contributed by atoms with Crippen LogP contribution in [-0.4, -0.2) is 6.17 Å². The molecule has 2 heterocycles. The Morgan fingerprint density at radius 2 is 1.27 bits per heavy atom. The number of hydrogen-bond donors (Lipinski definition) is 3. The second kappa shape index (κ2) is 9.03. The minimum absolute atomic E-state index is 0.000376. The average Bonchev–Trinajstić information content (AvgIpc) is 3.50. The van der Waals surface area contributed by atoms with Gasteiger partial charge in [-0.15, -0.1) is 0 Å². The van der Waals surface area contributed by atoms with Gasteiger partial charge in [0.25, 0.3) is 0 Å². The summed E-state index contributed by atoms with van der Waals surface area (Å²) in [4.78, 5) is 0. The molecule has 0 saturated carbocycles. The maximum Gasteiger partial charge on any atom is 0.139 e. The number of rotatable bonds is 3. The van der Waals surface area contributed by atoms with Gasteiger partial charge in [0.2, 0.25) is 0 Å². The summed E-state index contributed by atoms with van der Waals surface area (Å²) in [5, 5.41) is 13.9. The van der Waals surface area contributed by atoms with Crippen LogP contribution in [0.3, 0.4) is 0 Å². The van der Waals surface area contributed by atoms with Crippen LogP contribution in [0.5, 0.6) is 0 Å². The van der Waals surface area contributed by atoms with Crippen LogP contribution in [0.1, 0.15) is 54.4 Å². The first-order valence-electron chi connectivity index (χ1n) is 14.3. The van der Waals surface area contributed by atoms with Crippen LogP contribution in [0.4, 0.5) is 0 Å². The summed E-state index contributed by atoms with van der Waals surface area (Å²) < 4.78 is 6.52. The summed E-state index contributed by atoms with van der Waals surface area (Å²) in [7, 11) is 0. The summed E-state index contributed by atoms with van der Waals surface area (Å²) in [6, 6.07) is 34.3. The van der Waals surface area contributed by atoms with Crippen LogP contribution in [0.25, 0.3) is 21.9 Å². The molecule has 2 aliphatic carbocycles. The first-order valence-corrected chi connectivity index (χ1v) is 14.3. The lowest BCUT2D eigenvalue weighted by atomic mass is 9.73. The number of nitrogens with one attached hydrogen (secondary N) is 3. The van der Waals surface area contributed by atoms with Gasteiger partial charge in [0, 0.05) is 22.3 Å². The molecule has 0 bridgehead atoms. The summed E-state index contributed by atoms with van der Waals surface area (Å²) in [5.74, 6) is 0.625. The molecule has 4 nitrogen and oxygen atoms in total. The molecule has 5 aromatic rings. The van der Waals surface area contributed by atoms with Gasteiger partial charge in [-0.1, -0.05) is 123 Å². The van der Waals surface area contributed by atoms with Gasteiger partial charge in [-0.2, -0.15) is 0 Å². The van der Waals surface area contributed by atoms with Crippen LogP contribution >= 0.6 is 0 Å². The fourth-order valence-corrected chi connectivity index (χ4v) is 7.22. The van der Waals surface area contributed by atoms with Crippen molar-refractivity contribution in [2.24, 2.45) is 5.92 Å². The largest absolute Gasteiger partial charge is 0.456 e. The highest BCUT2D eigenvalue weighted by molar-refractivity contribution is 6.06. The van der Waals surface area contributed by atoms with Gasteiger partial charge < -0.3 is 4.42 Å². The molecule has 4 atom stereocenters. The van der Waals surface area contributed by atoms with Crippen LogP contribution in [-0.2, 0) is 5.41 Å². The molecule has 0 amide bonds. The van der Waals surface area contributed by atoms with Crippen LogP contribution in [0, 0.1) is 5.92 Å². The summed E-state index contributed by atoms with van der Waals surface area (Å²) in [6.07, 6.45) is 7.30. The smallest absolute Gasteiger partial charge is 0.139 e. The molecular weight excluding hydrogens is 490 g/mol. The average molecular weight is 524 g/mol. The van der Waals surface area contributed by atoms with E-state index in [1.54, 1.807) is 0 Å². The van der Waals surface area contributed by atoms with Crippen molar-refractivity contribution >= 4 is 21.9 Å². The minimum Gasteiger partial charge on any atom is -0.456 e. The Morgan fingerprint density at radius 1 is 0.650 bits per heavy atom. The zero-order valence-corrected chi connectivity index (χ0v) is 22.8. The van der Waals surface area contributed by atoms with Crippen molar-refractivity contribution < 1.29 is 4.42 Å². The fraction of sp³-hybridized carbons (Fsp3) is 0.222. The van der Waals surface area contributed by atoms with Crippen molar-refractivity contribution in [1.82, 2.24) is 16.0 Å². The Labute approximate surface area is 234 Å². The highest BCUT2D eigenvalue weighted by Crippen LogP contribution is 2.56. The first-order chi connectivity index (χ1) is 19.6. The first kappa shape index (κ1) is 23.9. The Hall–Kier alpha value is -3.96. The van der Waals surface area contributed by atoms with Gasteiger partial charge in [0.1, 0.15) is 11.2 Å². The molecule has 8 rings (SSSR count). The lowest BCUT2D eigenvalue weighted by Gasteiger charge is -2.41. The van der Waals surface area contributed by atoms with E-state index in [9.17, 15) is 0 Å². The SMILES string of the molecule is CC1(C)c2ccc3c(oc4ccccc43)c2C2C=CC(C3NC(c4ccccc4)NC(c4ccccc4)N3)=CC21. The van der Waals surface area contributed by atoms with Crippen LogP contribution in [0.15, 0.2) is 125 Å². The number of benzene rings is 4. The third-order valence-electron chi connectivity index (χ3n) is 9.30. The number of furan rings is 1. The third kappa shape index (κ3) is 3.64. The van der Waals surface area contributed by atoms with Crippen molar-refractivity contribution in [3.05, 3.63) is 143 Å². The quantitative estimate of drug-likeness (QED) is 0.228. The fourth-order valence-electron chi connectivity index (χ4n) is 7.22. The van der Waals surface area contributed by atoms with E-state index in [1.807, 2.05) is 0 Å². The molecule has 40 heavy (non-hydrogen) atoms. The van der Waals surface area contributed by atoms with E-state index in [0.717, 1.165) is 11.2 Å². The zero-order valence-electron chi connectivity index (χ0n) is 22.8. The summed E-state index contributed by atoms with van der Waals surface area (Å²) >= 11 is 0. The van der Waals surface area contributed by atoms with Crippen molar-refractivity contribution in [1.29, 1.82) is 0 Å². The zero-order chi connectivity index (χ0) is 26.8. The monoisotopic (exact) mass is 523 g/mol. The van der Waals surface area contributed by atoms with Crippen molar-refractivity contribution in [2.75, 3.05) is 0 Å². The highest BCUT2D eigenvalue weighted by atomic mass is 16.3. The van der Waals surface area contributed by atoms with Crippen LogP contribution in [0.2, 0.25) is 0 Å². The van der Waals surface area contributed by atoms with Gasteiger partial charge in [0.15, 0.2) is 0 Å². The van der Waals surface area contributed by atoms with Crippen molar-refractivity contribution in [3.63, 3.8) is 0 Å². The summed E-state index contributed by atoms with van der Waals surface area (Å²) in [5.41, 5.74) is 8.48. The van der Waals surface area contributed by atoms with Gasteiger partial charge in [-0.25, -0.2) is 0 Å². The number of fused-ring (bicyclic) bond motifs is 7. The van der Waals surface area contributed by atoms with E-state index >= 15 is 0 Å². The van der Waals surface area contributed by atoms with E-state index in [2.05, 4.69) is 145 Å². The maximum absolute atomic E-state index is 6.52. The molecule has 198 valence electrons. The van der Waals surface area contributed by atoms with E-state index in [4.69, 9.17) is 4.42 Å². The number of para-hydroxylation sites is 1. The van der Waals surface area contributed by atoms with Gasteiger partial charge in [0.05, 0.1) is 18.5 Å².